The molecule has 70 valence electrons. The number of hydrogen-bond donors (Lipinski definition) is 2. The van der Waals surface area contributed by atoms with Gasteiger partial charge in [-0.05, 0) is 24.1 Å². The smallest absolute Gasteiger partial charge is 0.123 e. The van der Waals surface area contributed by atoms with Gasteiger partial charge in [0.05, 0.1) is 0 Å². The summed E-state index contributed by atoms with van der Waals surface area (Å²) >= 11 is 0. The van der Waals surface area contributed by atoms with Crippen LogP contribution in [0.5, 0.6) is 0 Å². The van der Waals surface area contributed by atoms with E-state index in [1.54, 1.807) is 12.1 Å². The second kappa shape index (κ2) is 4.45. The monoisotopic (exact) mass is 181 g/mol. The van der Waals surface area contributed by atoms with Gasteiger partial charge < -0.3 is 11.6 Å². The molecule has 0 saturated heterocycles. The first kappa shape index (κ1) is 9.51. The molecule has 4 N–H and O–H groups in total. The van der Waals surface area contributed by atoms with Crippen LogP contribution in [0.3, 0.4) is 0 Å². The average Bonchev–Trinajstić information content (AvgIpc) is 2.16. The molecule has 0 aliphatic heterocycles. The molecule has 0 bridgehead atoms. The molecule has 0 aliphatic carbocycles. The molecule has 13 heavy (non-hydrogen) atoms. The Bertz CT molecular complexity index is 292. The van der Waals surface area contributed by atoms with Crippen LogP contribution in [0.1, 0.15) is 12.0 Å². The summed E-state index contributed by atoms with van der Waals surface area (Å²) in [5, 5.41) is 3.34. The number of nitrogens with two attached hydrogens (primary N) is 2. The van der Waals surface area contributed by atoms with Crippen molar-refractivity contribution in [3.8, 4) is 0 Å². The summed E-state index contributed by atoms with van der Waals surface area (Å²) in [5.74, 6) is 5.14. The molecule has 0 amide bonds. The predicted molar refractivity (Wildman–Crippen MR) is 50.5 cm³/mol. The van der Waals surface area contributed by atoms with Gasteiger partial charge in [-0.25, -0.2) is 4.39 Å². The van der Waals surface area contributed by atoms with Gasteiger partial charge >= 0.3 is 0 Å². The third kappa shape index (κ3) is 3.11. The Morgan fingerprint density at radius 2 is 1.92 bits per heavy atom. The van der Waals surface area contributed by atoms with E-state index in [-0.39, 0.29) is 5.82 Å². The molecular formula is C9H12FN3. The Morgan fingerprint density at radius 3 is 2.46 bits per heavy atom. The van der Waals surface area contributed by atoms with Crippen LogP contribution >= 0.6 is 0 Å². The Hall–Kier alpha value is -1.58. The third-order valence-corrected chi connectivity index (χ3v) is 1.75. The fraction of sp³-hybridized carbons (Fsp3) is 0.222. The maximum atomic E-state index is 12.5. The van der Waals surface area contributed by atoms with Crippen molar-refractivity contribution in [3.05, 3.63) is 35.6 Å². The van der Waals surface area contributed by atoms with Crippen LogP contribution in [-0.2, 0) is 6.42 Å². The van der Waals surface area contributed by atoms with E-state index in [0.717, 1.165) is 12.0 Å². The molecule has 1 aromatic carbocycles. The summed E-state index contributed by atoms with van der Waals surface area (Å²) < 4.78 is 12.5. The number of rotatable bonds is 3. The summed E-state index contributed by atoms with van der Waals surface area (Å²) in [7, 11) is 0. The third-order valence-electron chi connectivity index (χ3n) is 1.75. The van der Waals surface area contributed by atoms with Gasteiger partial charge in [-0.3, -0.25) is 0 Å². The lowest BCUT2D eigenvalue weighted by atomic mass is 10.1. The minimum absolute atomic E-state index is 0.232. The van der Waals surface area contributed by atoms with E-state index in [2.05, 4.69) is 5.10 Å². The van der Waals surface area contributed by atoms with Crippen LogP contribution in [0.25, 0.3) is 0 Å². The summed E-state index contributed by atoms with van der Waals surface area (Å²) in [6.45, 7) is 0. The summed E-state index contributed by atoms with van der Waals surface area (Å²) in [5.41, 5.74) is 6.42. The molecular weight excluding hydrogens is 169 g/mol. The van der Waals surface area contributed by atoms with E-state index in [1.807, 2.05) is 0 Å². The molecule has 0 atom stereocenters. The normalized spacial score (nSPS) is 11.6. The van der Waals surface area contributed by atoms with E-state index in [9.17, 15) is 4.39 Å². The highest BCUT2D eigenvalue weighted by Gasteiger charge is 1.96. The molecule has 4 heteroatoms. The van der Waals surface area contributed by atoms with Gasteiger partial charge in [0.1, 0.15) is 11.7 Å². The quantitative estimate of drug-likeness (QED) is 0.316. The lowest BCUT2D eigenvalue weighted by Gasteiger charge is -1.99. The van der Waals surface area contributed by atoms with Crippen LogP contribution in [0, 0.1) is 5.82 Å². The molecule has 0 unspecified atom stereocenters. The first-order valence-electron chi connectivity index (χ1n) is 3.99. The van der Waals surface area contributed by atoms with Crippen molar-refractivity contribution in [2.45, 2.75) is 12.8 Å². The van der Waals surface area contributed by atoms with E-state index in [4.69, 9.17) is 11.6 Å². The number of benzene rings is 1. The largest absolute Gasteiger partial charge is 0.386 e. The highest BCUT2D eigenvalue weighted by atomic mass is 19.1. The zero-order valence-electron chi connectivity index (χ0n) is 7.20. The van der Waals surface area contributed by atoms with Crippen molar-refractivity contribution in [2.75, 3.05) is 0 Å². The van der Waals surface area contributed by atoms with E-state index in [1.165, 1.54) is 12.1 Å². The van der Waals surface area contributed by atoms with Gasteiger partial charge in [-0.1, -0.05) is 12.1 Å². The molecule has 3 nitrogen and oxygen atoms in total. The molecule has 1 rings (SSSR count). The van der Waals surface area contributed by atoms with Crippen molar-refractivity contribution in [2.24, 2.45) is 16.7 Å². The van der Waals surface area contributed by atoms with Crippen molar-refractivity contribution in [1.82, 2.24) is 0 Å². The SMILES string of the molecule is N/N=C(\N)CCc1ccc(F)cc1. The van der Waals surface area contributed by atoms with Gasteiger partial charge in [-0.15, -0.1) is 0 Å². The minimum Gasteiger partial charge on any atom is -0.386 e. The Balaban J connectivity index is 2.51. The van der Waals surface area contributed by atoms with Gasteiger partial charge in [0.15, 0.2) is 0 Å². The van der Waals surface area contributed by atoms with Crippen molar-refractivity contribution in [1.29, 1.82) is 0 Å². The highest BCUT2D eigenvalue weighted by Crippen LogP contribution is 2.04. The van der Waals surface area contributed by atoms with Gasteiger partial charge in [0.25, 0.3) is 0 Å². The minimum atomic E-state index is -0.232. The second-order valence-electron chi connectivity index (χ2n) is 2.75. The number of hydrogen-bond acceptors (Lipinski definition) is 2. The number of amidine groups is 1. The van der Waals surface area contributed by atoms with Crippen LogP contribution in [0.4, 0.5) is 4.39 Å². The van der Waals surface area contributed by atoms with E-state index < -0.39 is 0 Å². The number of nitrogens with zero attached hydrogens (tertiary/aromatic N) is 1. The first-order valence-corrected chi connectivity index (χ1v) is 3.99. The molecule has 0 radical (unpaired) electrons. The van der Waals surface area contributed by atoms with E-state index in [0.29, 0.717) is 12.3 Å². The van der Waals surface area contributed by atoms with E-state index >= 15 is 0 Å². The number of aryl methyl sites for hydroxylation is 1. The highest BCUT2D eigenvalue weighted by molar-refractivity contribution is 5.80. The molecule has 0 fully saturated rings. The Morgan fingerprint density at radius 1 is 1.31 bits per heavy atom. The first-order chi connectivity index (χ1) is 6.22. The summed E-state index contributed by atoms with van der Waals surface area (Å²) in [6.07, 6.45) is 1.33. The summed E-state index contributed by atoms with van der Waals surface area (Å²) in [6, 6.07) is 6.29. The topological polar surface area (TPSA) is 64.4 Å². The molecule has 0 spiro atoms. The zero-order chi connectivity index (χ0) is 9.68. The lowest BCUT2D eigenvalue weighted by molar-refractivity contribution is 0.627. The van der Waals surface area contributed by atoms with Crippen LogP contribution in [0.2, 0.25) is 0 Å². The van der Waals surface area contributed by atoms with Crippen LogP contribution < -0.4 is 11.6 Å². The maximum absolute atomic E-state index is 12.5. The van der Waals surface area contributed by atoms with Crippen LogP contribution in [-0.4, -0.2) is 5.84 Å². The van der Waals surface area contributed by atoms with Crippen molar-refractivity contribution < 1.29 is 4.39 Å². The molecule has 1 aromatic rings. The Kier molecular flexibility index (Phi) is 3.25. The zero-order valence-corrected chi connectivity index (χ0v) is 7.20. The molecule has 0 aliphatic rings. The van der Waals surface area contributed by atoms with Gasteiger partial charge in [-0.2, -0.15) is 5.10 Å². The predicted octanol–water partition coefficient (Wildman–Crippen LogP) is 0.989. The number of hydrazone groups is 1. The molecule has 0 aromatic heterocycles. The Labute approximate surface area is 76.2 Å². The fourth-order valence-electron chi connectivity index (χ4n) is 0.988. The van der Waals surface area contributed by atoms with Gasteiger partial charge in [0, 0.05) is 6.42 Å². The fourth-order valence-corrected chi connectivity index (χ4v) is 0.988. The summed E-state index contributed by atoms with van der Waals surface area (Å²) in [4.78, 5) is 0. The van der Waals surface area contributed by atoms with Crippen LogP contribution in [0.15, 0.2) is 29.4 Å². The molecule has 0 heterocycles. The van der Waals surface area contributed by atoms with Crippen molar-refractivity contribution >= 4 is 5.84 Å². The average molecular weight is 181 g/mol. The number of halogens is 1. The van der Waals surface area contributed by atoms with Crippen molar-refractivity contribution in [3.63, 3.8) is 0 Å². The van der Waals surface area contributed by atoms with Gasteiger partial charge in [0.2, 0.25) is 0 Å². The second-order valence-corrected chi connectivity index (χ2v) is 2.75. The molecule has 0 saturated carbocycles. The standard InChI is InChI=1S/C9H12FN3/c10-8-4-1-7(2-5-8)3-6-9(11)13-12/h1-2,4-5H,3,6,12H2,(H2,11,13). The lowest BCUT2D eigenvalue weighted by Crippen LogP contribution is -2.14. The maximum Gasteiger partial charge on any atom is 0.123 e.